The number of rotatable bonds is 27. The summed E-state index contributed by atoms with van der Waals surface area (Å²) >= 11 is 6.02. The van der Waals surface area contributed by atoms with E-state index in [2.05, 4.69) is 0 Å². The molecule has 4 amide bonds. The van der Waals surface area contributed by atoms with Crippen LogP contribution < -0.4 is 18.9 Å². The number of carbonyl (C=O) groups excluding carboxylic acids is 4. The number of methoxy groups -OCH3 is 4. The summed E-state index contributed by atoms with van der Waals surface area (Å²) in [4.78, 5) is 71.6. The van der Waals surface area contributed by atoms with Crippen molar-refractivity contribution >= 4 is 69.3 Å². The molecule has 406 valence electrons. The van der Waals surface area contributed by atoms with Crippen molar-refractivity contribution in [2.75, 3.05) is 35.0 Å². The zero-order valence-electron chi connectivity index (χ0n) is 43.9. The second-order valence-corrected chi connectivity index (χ2v) is 22.3. The Kier molecular flexibility index (Phi) is 20.8. The lowest BCUT2D eigenvalue weighted by Gasteiger charge is -2.34. The summed E-state index contributed by atoms with van der Waals surface area (Å²) in [6, 6.07) is 45.1. The molecular weight excluding hydrogens is 1060 g/mol. The predicted molar refractivity (Wildman–Crippen MR) is 306 cm³/mol. The van der Waals surface area contributed by atoms with E-state index in [1.807, 2.05) is 167 Å². The van der Waals surface area contributed by atoms with Crippen molar-refractivity contribution < 1.29 is 47.6 Å². The lowest BCUT2D eigenvalue weighted by molar-refractivity contribution is -0.148. The minimum atomic E-state index is -1.48. The van der Waals surface area contributed by atoms with Crippen molar-refractivity contribution in [3.8, 4) is 23.0 Å². The monoisotopic (exact) mass is 1130 g/mol. The van der Waals surface area contributed by atoms with Crippen molar-refractivity contribution in [3.63, 3.8) is 0 Å². The Labute approximate surface area is 471 Å². The molecule has 2 atom stereocenters. The Morgan fingerprint density at radius 1 is 0.397 bits per heavy atom. The molecule has 0 saturated carbocycles. The molecule has 0 spiro atoms. The van der Waals surface area contributed by atoms with Crippen LogP contribution in [0.4, 0.5) is 9.59 Å². The van der Waals surface area contributed by atoms with Crippen molar-refractivity contribution in [1.82, 2.24) is 19.6 Å². The van der Waals surface area contributed by atoms with Gasteiger partial charge >= 0.3 is 12.2 Å². The fourth-order valence-corrected chi connectivity index (χ4v) is 11.5. The molecular formula is C60H62N4O10S4. The number of ether oxygens (including phenoxy) is 6. The normalized spacial score (nSPS) is 11.7. The van der Waals surface area contributed by atoms with Gasteiger partial charge < -0.3 is 38.2 Å². The van der Waals surface area contributed by atoms with Gasteiger partial charge in [0.1, 0.15) is 35.7 Å². The average molecular weight is 1130 g/mol. The van der Waals surface area contributed by atoms with Crippen LogP contribution >= 0.6 is 45.3 Å². The highest BCUT2D eigenvalue weighted by molar-refractivity contribution is 7.10. The van der Waals surface area contributed by atoms with Gasteiger partial charge in [-0.15, -0.1) is 45.3 Å². The van der Waals surface area contributed by atoms with E-state index < -0.39 is 49.1 Å². The van der Waals surface area contributed by atoms with Gasteiger partial charge in [0.2, 0.25) is 11.8 Å². The number of amides is 4. The van der Waals surface area contributed by atoms with Crippen LogP contribution in [0.3, 0.4) is 0 Å². The topological polar surface area (TPSA) is 137 Å². The Balaban J connectivity index is 1.22. The molecule has 8 rings (SSSR count). The van der Waals surface area contributed by atoms with Crippen molar-refractivity contribution in [3.05, 3.63) is 209 Å². The van der Waals surface area contributed by atoms with E-state index in [9.17, 15) is 4.79 Å². The minimum absolute atomic E-state index is 0.0969. The molecule has 0 N–H and O–H groups in total. The standard InChI is InChI=1S/C60H62N4O10S4/c1-69-47-21-13-43(14-22-47)34-61(35-44-15-23-48(70-2)24-16-44)57(65)33-55(58(66)62(36-45-17-25-49(71-3)26-18-45)37-46-19-27-50(72-4)28-20-46)56(74-60(68)64(40-53-11-7-31-77-53)41-54-12-8-32-78-54)42-73-59(67)63(38-51-9-5-29-75-51)39-52-10-6-30-76-52/h5-32,55-56H,33-42H2,1-4H3. The molecule has 4 aromatic heterocycles. The molecule has 0 aliphatic carbocycles. The van der Waals surface area contributed by atoms with Crippen LogP contribution in [-0.4, -0.2) is 84.8 Å². The van der Waals surface area contributed by atoms with E-state index in [4.69, 9.17) is 28.4 Å². The van der Waals surface area contributed by atoms with Gasteiger partial charge in [-0.3, -0.25) is 19.4 Å². The largest absolute Gasteiger partial charge is 0.497 e. The predicted octanol–water partition coefficient (Wildman–Crippen LogP) is 12.8. The summed E-state index contributed by atoms with van der Waals surface area (Å²) in [6.45, 7) is 0.856. The zero-order chi connectivity index (χ0) is 54.6. The van der Waals surface area contributed by atoms with Gasteiger partial charge in [0.15, 0.2) is 0 Å². The molecule has 2 unspecified atom stereocenters. The third kappa shape index (κ3) is 16.4. The van der Waals surface area contributed by atoms with Gasteiger partial charge in [-0.2, -0.15) is 0 Å². The number of hydrogen-bond donors (Lipinski definition) is 0. The van der Waals surface area contributed by atoms with Crippen LogP contribution in [0.2, 0.25) is 0 Å². The van der Waals surface area contributed by atoms with E-state index in [-0.39, 0.29) is 52.4 Å². The highest BCUT2D eigenvalue weighted by Crippen LogP contribution is 2.29. The van der Waals surface area contributed by atoms with Crippen LogP contribution in [0.15, 0.2) is 167 Å². The van der Waals surface area contributed by atoms with E-state index in [1.54, 1.807) is 48.0 Å². The van der Waals surface area contributed by atoms with Crippen LogP contribution in [0.25, 0.3) is 0 Å². The molecule has 4 aromatic carbocycles. The van der Waals surface area contributed by atoms with Gasteiger partial charge in [0, 0.05) is 52.1 Å². The Hall–Kier alpha value is -7.64. The first-order valence-electron chi connectivity index (χ1n) is 25.1. The van der Waals surface area contributed by atoms with Crippen LogP contribution in [0, 0.1) is 5.92 Å². The maximum atomic E-state index is 16.1. The maximum absolute atomic E-state index is 16.1. The molecule has 78 heavy (non-hydrogen) atoms. The number of thiophene rings is 4. The molecule has 0 radical (unpaired) electrons. The smallest absolute Gasteiger partial charge is 0.410 e. The van der Waals surface area contributed by atoms with Crippen molar-refractivity contribution in [2.45, 2.75) is 64.9 Å². The third-order valence-electron chi connectivity index (χ3n) is 12.8. The van der Waals surface area contributed by atoms with E-state index in [0.717, 1.165) is 41.8 Å². The maximum Gasteiger partial charge on any atom is 0.410 e. The first-order chi connectivity index (χ1) is 38.1. The summed E-state index contributed by atoms with van der Waals surface area (Å²) in [5.41, 5.74) is 3.18. The van der Waals surface area contributed by atoms with Crippen LogP contribution in [-0.2, 0) is 71.4 Å². The molecule has 0 aliphatic rings. The van der Waals surface area contributed by atoms with Crippen molar-refractivity contribution in [1.29, 1.82) is 0 Å². The van der Waals surface area contributed by atoms with Gasteiger partial charge in [0.05, 0.1) is 60.5 Å². The van der Waals surface area contributed by atoms with Crippen LogP contribution in [0.1, 0.15) is 48.2 Å². The summed E-state index contributed by atoms with van der Waals surface area (Å²) in [5.74, 6) is 0.277. The average Bonchev–Trinajstić information content (AvgIpc) is 4.35. The SMILES string of the molecule is COc1ccc(CN(Cc2ccc(OC)cc2)C(=O)CC(C(=O)N(Cc2ccc(OC)cc2)Cc2ccc(OC)cc2)C(COC(=O)N(Cc2cccs2)Cc2cccs2)OC(=O)N(Cc2cccs2)Cc2cccs2)cc1. The Morgan fingerprint density at radius 3 is 1.03 bits per heavy atom. The van der Waals surface area contributed by atoms with E-state index in [0.29, 0.717) is 23.0 Å². The molecule has 0 aliphatic heterocycles. The number of nitrogens with zero attached hydrogens (tertiary/aromatic N) is 4. The molecule has 0 saturated heterocycles. The Bertz CT molecular complexity index is 2890. The third-order valence-corrected chi connectivity index (χ3v) is 16.2. The molecule has 0 fully saturated rings. The summed E-state index contributed by atoms with van der Waals surface area (Å²) in [6.07, 6.45) is -3.34. The Morgan fingerprint density at radius 2 is 0.718 bits per heavy atom. The van der Waals surface area contributed by atoms with E-state index in [1.165, 1.54) is 45.3 Å². The first kappa shape index (κ1) is 56.6. The van der Waals surface area contributed by atoms with Gasteiger partial charge in [0.25, 0.3) is 0 Å². The molecule has 14 nitrogen and oxygen atoms in total. The number of hydrogen-bond acceptors (Lipinski definition) is 14. The van der Waals surface area contributed by atoms with Gasteiger partial charge in [-0.1, -0.05) is 72.8 Å². The first-order valence-corrected chi connectivity index (χ1v) is 28.6. The number of carbonyl (C=O) groups is 4. The van der Waals surface area contributed by atoms with E-state index >= 15 is 14.4 Å². The van der Waals surface area contributed by atoms with Crippen LogP contribution in [0.5, 0.6) is 23.0 Å². The van der Waals surface area contributed by atoms with Gasteiger partial charge in [-0.05, 0) is 117 Å². The lowest BCUT2D eigenvalue weighted by atomic mass is 9.94. The second kappa shape index (κ2) is 28.7. The molecule has 0 bridgehead atoms. The van der Waals surface area contributed by atoms with Crippen molar-refractivity contribution in [2.24, 2.45) is 5.92 Å². The zero-order valence-corrected chi connectivity index (χ0v) is 47.2. The summed E-state index contributed by atoms with van der Waals surface area (Å²) in [7, 11) is 6.35. The fourth-order valence-electron chi connectivity index (χ4n) is 8.59. The fraction of sp³-hybridized carbons (Fsp3) is 0.267. The minimum Gasteiger partial charge on any atom is -0.497 e. The highest BCUT2D eigenvalue weighted by Gasteiger charge is 2.40. The molecule has 8 aromatic rings. The second-order valence-electron chi connectivity index (χ2n) is 18.2. The molecule has 4 heterocycles. The quantitative estimate of drug-likeness (QED) is 0.0489. The molecule has 18 heteroatoms. The van der Waals surface area contributed by atoms with Gasteiger partial charge in [-0.25, -0.2) is 9.59 Å². The summed E-state index contributed by atoms with van der Waals surface area (Å²) < 4.78 is 34.8. The lowest BCUT2D eigenvalue weighted by Crippen LogP contribution is -2.48. The highest BCUT2D eigenvalue weighted by atomic mass is 32.1. The summed E-state index contributed by atoms with van der Waals surface area (Å²) in [5, 5.41) is 7.77. The number of benzene rings is 4.